The Morgan fingerprint density at radius 3 is 3.00 bits per heavy atom. The maximum Gasteiger partial charge on any atom is 0.277 e. The van der Waals surface area contributed by atoms with Crippen molar-refractivity contribution < 1.29 is 26.5 Å². The van der Waals surface area contributed by atoms with E-state index in [0.717, 1.165) is 13.0 Å². The summed E-state index contributed by atoms with van der Waals surface area (Å²) in [5.74, 6) is 0.722. The van der Waals surface area contributed by atoms with Gasteiger partial charge < -0.3 is 22.1 Å². The zero-order chi connectivity index (χ0) is 13.9. The fourth-order valence-electron chi connectivity index (χ4n) is 2.23. The van der Waals surface area contributed by atoms with Crippen LogP contribution < -0.4 is 17.7 Å². The number of halogens is 3. The summed E-state index contributed by atoms with van der Waals surface area (Å²) in [7, 11) is 0. The van der Waals surface area contributed by atoms with Crippen LogP contribution in [0.25, 0.3) is 0 Å². The standard InChI is InChI=1S/C13H13ClFN3OS.ClH/c14-9-3-1-4-10(15)8(9)7-20-13-18-17-12(19-13)11-5-2-6-16-11;/h1,3-4,11,16H,2,5-7H2;1H/t11-;/m0./s1. The third-order valence-corrected chi connectivity index (χ3v) is 4.51. The molecule has 0 radical (unpaired) electrons. The average molecular weight is 350 g/mol. The predicted molar refractivity (Wildman–Crippen MR) is 74.0 cm³/mol. The molecular formula is C13H14Cl2FN3OS. The van der Waals surface area contributed by atoms with Crippen molar-refractivity contribution in [3.8, 4) is 0 Å². The molecule has 1 aliphatic heterocycles. The van der Waals surface area contributed by atoms with Crippen LogP contribution in [0.3, 0.4) is 0 Å². The molecule has 3 rings (SSSR count). The van der Waals surface area contributed by atoms with Gasteiger partial charge in [0.25, 0.3) is 11.1 Å². The largest absolute Gasteiger partial charge is 1.00 e. The normalized spacial score (nSPS) is 17.7. The first kappa shape index (κ1) is 16.5. The number of benzene rings is 1. The number of nitrogens with zero attached hydrogens (tertiary/aromatic N) is 2. The summed E-state index contributed by atoms with van der Waals surface area (Å²) in [5, 5.41) is 11.1. The van der Waals surface area contributed by atoms with Gasteiger partial charge in [-0.15, -0.1) is 10.2 Å². The molecule has 114 valence electrons. The van der Waals surface area contributed by atoms with Crippen LogP contribution in [0.4, 0.5) is 4.39 Å². The summed E-state index contributed by atoms with van der Waals surface area (Å²) >= 11 is 7.28. The first-order valence-corrected chi connectivity index (χ1v) is 7.83. The van der Waals surface area contributed by atoms with Gasteiger partial charge in [-0.3, -0.25) is 0 Å². The second-order valence-electron chi connectivity index (χ2n) is 4.67. The number of rotatable bonds is 4. The topological polar surface area (TPSA) is 55.5 Å². The third kappa shape index (κ3) is 3.88. The van der Waals surface area contributed by atoms with Crippen LogP contribution in [0.2, 0.25) is 5.02 Å². The van der Waals surface area contributed by atoms with Gasteiger partial charge in [0.15, 0.2) is 6.04 Å². The highest BCUT2D eigenvalue weighted by Gasteiger charge is 2.26. The second-order valence-corrected chi connectivity index (χ2v) is 6.00. The third-order valence-electron chi connectivity index (χ3n) is 3.31. The van der Waals surface area contributed by atoms with Crippen LogP contribution in [0.15, 0.2) is 27.8 Å². The number of hydrogen-bond acceptors (Lipinski definition) is 4. The molecule has 1 saturated heterocycles. The quantitative estimate of drug-likeness (QED) is 0.760. The van der Waals surface area contributed by atoms with E-state index in [1.54, 1.807) is 12.1 Å². The highest BCUT2D eigenvalue weighted by Crippen LogP contribution is 2.28. The summed E-state index contributed by atoms with van der Waals surface area (Å²) in [5.41, 5.74) is 0.464. The Balaban J connectivity index is 0.00000161. The molecule has 1 aromatic heterocycles. The maximum atomic E-state index is 13.6. The zero-order valence-corrected chi connectivity index (χ0v) is 13.4. The van der Waals surface area contributed by atoms with Gasteiger partial charge in [-0.2, -0.15) is 0 Å². The van der Waals surface area contributed by atoms with E-state index in [-0.39, 0.29) is 24.3 Å². The Bertz CT molecular complexity index is 585. The first-order chi connectivity index (χ1) is 9.74. The molecule has 4 nitrogen and oxygen atoms in total. The van der Waals surface area contributed by atoms with Gasteiger partial charge in [0.05, 0.1) is 6.54 Å². The Morgan fingerprint density at radius 1 is 1.43 bits per heavy atom. The number of hydrogen-bond donors (Lipinski definition) is 1. The summed E-state index contributed by atoms with van der Waals surface area (Å²) in [6.45, 7) is 1.10. The van der Waals surface area contributed by atoms with Crippen molar-refractivity contribution in [2.24, 2.45) is 0 Å². The number of quaternary nitrogens is 1. The van der Waals surface area contributed by atoms with Crippen LogP contribution in [0, 0.1) is 5.82 Å². The first-order valence-electron chi connectivity index (χ1n) is 6.46. The minimum Gasteiger partial charge on any atom is -1.00 e. The van der Waals surface area contributed by atoms with Crippen LogP contribution in [-0.4, -0.2) is 16.7 Å². The van der Waals surface area contributed by atoms with Gasteiger partial charge in [0, 0.05) is 29.2 Å². The van der Waals surface area contributed by atoms with Crippen molar-refractivity contribution in [1.82, 2.24) is 10.2 Å². The molecule has 0 aliphatic carbocycles. The highest BCUT2D eigenvalue weighted by atomic mass is 35.5. The molecule has 2 heterocycles. The molecule has 2 aromatic rings. The van der Waals surface area contributed by atoms with E-state index in [4.69, 9.17) is 16.0 Å². The molecule has 2 N–H and O–H groups in total. The van der Waals surface area contributed by atoms with E-state index in [2.05, 4.69) is 15.5 Å². The molecular weight excluding hydrogens is 336 g/mol. The minimum atomic E-state index is -0.311. The average Bonchev–Trinajstić information content (AvgIpc) is 3.09. The molecule has 21 heavy (non-hydrogen) atoms. The molecule has 0 spiro atoms. The van der Waals surface area contributed by atoms with Crippen molar-refractivity contribution in [3.05, 3.63) is 40.5 Å². The van der Waals surface area contributed by atoms with Crippen LogP contribution in [0.5, 0.6) is 0 Å². The molecule has 1 aromatic carbocycles. The van der Waals surface area contributed by atoms with Crippen molar-refractivity contribution in [1.29, 1.82) is 0 Å². The maximum absolute atomic E-state index is 13.6. The number of aromatic nitrogens is 2. The van der Waals surface area contributed by atoms with Gasteiger partial charge in [-0.1, -0.05) is 29.4 Å². The lowest BCUT2D eigenvalue weighted by Crippen LogP contribution is -3.00. The Hall–Kier alpha value is -0.820. The fraction of sp³-hybridized carbons (Fsp3) is 0.385. The van der Waals surface area contributed by atoms with Crippen LogP contribution in [0.1, 0.15) is 30.3 Å². The fourth-order valence-corrected chi connectivity index (χ4v) is 3.34. The Labute approximate surface area is 137 Å². The van der Waals surface area contributed by atoms with Crippen molar-refractivity contribution in [2.45, 2.75) is 29.9 Å². The van der Waals surface area contributed by atoms with Gasteiger partial charge in [0.2, 0.25) is 0 Å². The van der Waals surface area contributed by atoms with Gasteiger partial charge >= 0.3 is 0 Å². The van der Waals surface area contributed by atoms with E-state index in [1.165, 1.54) is 24.2 Å². The highest BCUT2D eigenvalue weighted by molar-refractivity contribution is 7.98. The van der Waals surface area contributed by atoms with Gasteiger partial charge in [-0.25, -0.2) is 4.39 Å². The SMILES string of the molecule is Fc1cccc(Cl)c1CSc1nnc([C@@H]2CCC[NH2+]2)o1.[Cl-]. The smallest absolute Gasteiger partial charge is 0.277 e. The monoisotopic (exact) mass is 349 g/mol. The lowest BCUT2D eigenvalue weighted by Gasteiger charge is -2.03. The molecule has 0 bridgehead atoms. The minimum absolute atomic E-state index is 0. The predicted octanol–water partition coefficient (Wildman–Crippen LogP) is -0.443. The van der Waals surface area contributed by atoms with Crippen molar-refractivity contribution in [3.63, 3.8) is 0 Å². The van der Waals surface area contributed by atoms with Gasteiger partial charge in [-0.05, 0) is 12.1 Å². The molecule has 0 unspecified atom stereocenters. The summed E-state index contributed by atoms with van der Waals surface area (Å²) < 4.78 is 19.2. The van der Waals surface area contributed by atoms with Gasteiger partial charge in [0.1, 0.15) is 5.82 Å². The number of nitrogens with two attached hydrogens (primary N) is 1. The molecule has 8 heteroatoms. The Morgan fingerprint density at radius 2 is 2.29 bits per heavy atom. The van der Waals surface area contributed by atoms with E-state index < -0.39 is 0 Å². The second kappa shape index (κ2) is 7.45. The number of thioether (sulfide) groups is 1. The summed E-state index contributed by atoms with van der Waals surface area (Å²) in [4.78, 5) is 0. The zero-order valence-electron chi connectivity index (χ0n) is 11.1. The molecule has 0 amide bonds. The molecule has 1 fully saturated rings. The van der Waals surface area contributed by atoms with E-state index in [1.807, 2.05) is 0 Å². The molecule has 1 aliphatic rings. The summed E-state index contributed by atoms with van der Waals surface area (Å²) in [6, 6.07) is 4.93. The van der Waals surface area contributed by atoms with Crippen LogP contribution in [-0.2, 0) is 5.75 Å². The molecule has 0 saturated carbocycles. The van der Waals surface area contributed by atoms with E-state index in [9.17, 15) is 4.39 Å². The van der Waals surface area contributed by atoms with Crippen LogP contribution >= 0.6 is 23.4 Å². The van der Waals surface area contributed by atoms with Crippen molar-refractivity contribution >= 4 is 23.4 Å². The lowest BCUT2D eigenvalue weighted by atomic mass is 10.2. The lowest BCUT2D eigenvalue weighted by molar-refractivity contribution is -0.678. The molecule has 1 atom stereocenters. The van der Waals surface area contributed by atoms with Crippen molar-refractivity contribution in [2.75, 3.05) is 6.54 Å². The summed E-state index contributed by atoms with van der Waals surface area (Å²) in [6.07, 6.45) is 2.23. The van der Waals surface area contributed by atoms with E-state index >= 15 is 0 Å². The Kier molecular flexibility index (Phi) is 5.87. The van der Waals surface area contributed by atoms with E-state index in [0.29, 0.717) is 27.5 Å².